The predicted molar refractivity (Wildman–Crippen MR) is 73.2 cm³/mol. The first-order chi connectivity index (χ1) is 9.66. The smallest absolute Gasteiger partial charge is 0.308 e. The van der Waals surface area contributed by atoms with E-state index >= 15 is 0 Å². The fraction of sp³-hybridized carbons (Fsp3) is 0.467. The number of nitrogens with one attached hydrogen (secondary N) is 1. The summed E-state index contributed by atoms with van der Waals surface area (Å²) in [5.41, 5.74) is 2.24. The molecule has 1 saturated heterocycles. The van der Waals surface area contributed by atoms with E-state index in [-0.39, 0.29) is 11.8 Å². The van der Waals surface area contributed by atoms with Crippen LogP contribution < -0.4 is 5.32 Å². The van der Waals surface area contributed by atoms with Crippen molar-refractivity contribution < 1.29 is 14.7 Å². The highest BCUT2D eigenvalue weighted by Crippen LogP contribution is 2.28. The first-order valence-electron chi connectivity index (χ1n) is 6.97. The summed E-state index contributed by atoms with van der Waals surface area (Å²) in [6.07, 6.45) is 0.558. The monoisotopic (exact) mass is 274 g/mol. The van der Waals surface area contributed by atoms with E-state index in [9.17, 15) is 9.59 Å². The molecular weight excluding hydrogens is 256 g/mol. The molecule has 0 spiro atoms. The Labute approximate surface area is 117 Å². The molecule has 2 N–H and O–H groups in total. The van der Waals surface area contributed by atoms with Crippen molar-refractivity contribution in [3.8, 4) is 0 Å². The lowest BCUT2D eigenvalue weighted by molar-refractivity contribution is -0.141. The van der Waals surface area contributed by atoms with Crippen molar-refractivity contribution in [2.75, 3.05) is 19.6 Å². The van der Waals surface area contributed by atoms with E-state index in [1.54, 1.807) is 4.90 Å². The van der Waals surface area contributed by atoms with Gasteiger partial charge in [0, 0.05) is 26.2 Å². The van der Waals surface area contributed by atoms with Crippen LogP contribution in [0.5, 0.6) is 0 Å². The van der Waals surface area contributed by atoms with Crippen molar-refractivity contribution in [2.24, 2.45) is 5.92 Å². The maximum Gasteiger partial charge on any atom is 0.308 e. The Morgan fingerprint density at radius 1 is 1.30 bits per heavy atom. The van der Waals surface area contributed by atoms with Gasteiger partial charge in [-0.05, 0) is 17.5 Å². The average Bonchev–Trinajstić information content (AvgIpc) is 2.96. The second-order valence-corrected chi connectivity index (χ2v) is 5.49. The largest absolute Gasteiger partial charge is 0.481 e. The molecule has 2 unspecified atom stereocenters. The van der Waals surface area contributed by atoms with Crippen LogP contribution in [0.3, 0.4) is 0 Å². The minimum atomic E-state index is -0.803. The first kappa shape index (κ1) is 13.1. The molecule has 2 aliphatic heterocycles. The van der Waals surface area contributed by atoms with Gasteiger partial charge in [0.2, 0.25) is 5.91 Å². The lowest BCUT2D eigenvalue weighted by atomic mass is 9.90. The van der Waals surface area contributed by atoms with Crippen LogP contribution in [0.4, 0.5) is 0 Å². The van der Waals surface area contributed by atoms with Crippen molar-refractivity contribution in [2.45, 2.75) is 18.9 Å². The highest BCUT2D eigenvalue weighted by atomic mass is 16.4. The second kappa shape index (κ2) is 5.25. The molecule has 1 aromatic rings. The number of carboxylic acid groups (broad SMARTS) is 1. The summed E-state index contributed by atoms with van der Waals surface area (Å²) in [5.74, 6) is -1.35. The van der Waals surface area contributed by atoms with Gasteiger partial charge < -0.3 is 15.3 Å². The molecule has 1 fully saturated rings. The van der Waals surface area contributed by atoms with Crippen molar-refractivity contribution >= 4 is 11.9 Å². The van der Waals surface area contributed by atoms with Crippen LogP contribution in [-0.4, -0.2) is 41.5 Å². The molecule has 3 rings (SSSR count). The number of aliphatic carboxylic acids is 1. The Bertz CT molecular complexity index is 544. The molecule has 0 radical (unpaired) electrons. The number of hydrogen-bond donors (Lipinski definition) is 2. The lowest BCUT2D eigenvalue weighted by Gasteiger charge is -2.29. The third-order valence-electron chi connectivity index (χ3n) is 4.24. The number of fused-ring (bicyclic) bond motifs is 1. The average molecular weight is 274 g/mol. The third-order valence-corrected chi connectivity index (χ3v) is 4.24. The topological polar surface area (TPSA) is 69.6 Å². The van der Waals surface area contributed by atoms with Crippen molar-refractivity contribution in [1.82, 2.24) is 10.2 Å². The van der Waals surface area contributed by atoms with Gasteiger partial charge in [0.1, 0.15) is 0 Å². The summed E-state index contributed by atoms with van der Waals surface area (Å²) in [4.78, 5) is 25.3. The summed E-state index contributed by atoms with van der Waals surface area (Å²) in [5, 5.41) is 12.3. The van der Waals surface area contributed by atoms with Gasteiger partial charge in [-0.25, -0.2) is 0 Å². The molecule has 2 heterocycles. The number of carbonyl (C=O) groups is 2. The van der Waals surface area contributed by atoms with Gasteiger partial charge in [-0.3, -0.25) is 9.59 Å². The minimum Gasteiger partial charge on any atom is -0.481 e. The Morgan fingerprint density at radius 3 is 2.85 bits per heavy atom. The molecule has 106 valence electrons. The summed E-state index contributed by atoms with van der Waals surface area (Å²) < 4.78 is 0. The zero-order valence-electron chi connectivity index (χ0n) is 11.2. The van der Waals surface area contributed by atoms with Gasteiger partial charge in [-0.15, -0.1) is 0 Å². The molecule has 2 aliphatic rings. The van der Waals surface area contributed by atoms with E-state index in [1.165, 1.54) is 0 Å². The Morgan fingerprint density at radius 2 is 2.10 bits per heavy atom. The quantitative estimate of drug-likeness (QED) is 0.837. The normalized spacial score (nSPS) is 25.3. The van der Waals surface area contributed by atoms with E-state index < -0.39 is 11.9 Å². The zero-order valence-corrected chi connectivity index (χ0v) is 11.2. The van der Waals surface area contributed by atoms with Crippen LogP contribution in [0.2, 0.25) is 0 Å². The minimum absolute atomic E-state index is 0.0494. The highest BCUT2D eigenvalue weighted by Gasteiger charge is 2.35. The number of nitrogens with zero attached hydrogens (tertiary/aromatic N) is 1. The zero-order chi connectivity index (χ0) is 14.1. The molecular formula is C15H18N2O3. The van der Waals surface area contributed by atoms with Crippen LogP contribution in [0.25, 0.3) is 0 Å². The molecule has 2 atom stereocenters. The van der Waals surface area contributed by atoms with Crippen LogP contribution in [0, 0.1) is 5.92 Å². The number of hydrogen-bond acceptors (Lipinski definition) is 3. The molecule has 1 amide bonds. The van der Waals surface area contributed by atoms with Gasteiger partial charge in [0.25, 0.3) is 0 Å². The predicted octanol–water partition coefficient (Wildman–Crippen LogP) is 0.806. The number of carboxylic acids is 1. The van der Waals surface area contributed by atoms with Gasteiger partial charge in [-0.1, -0.05) is 24.3 Å². The van der Waals surface area contributed by atoms with Crippen molar-refractivity contribution in [3.05, 3.63) is 35.4 Å². The maximum absolute atomic E-state index is 12.6. The number of carbonyl (C=O) groups excluding carboxylic acids is 1. The molecule has 0 saturated carbocycles. The summed E-state index contributed by atoms with van der Waals surface area (Å²) in [6, 6.07) is 7.97. The van der Waals surface area contributed by atoms with Gasteiger partial charge in [0.15, 0.2) is 0 Å². The molecule has 0 aromatic heterocycles. The third kappa shape index (κ3) is 2.29. The number of benzene rings is 1. The van der Waals surface area contributed by atoms with Crippen LogP contribution in [-0.2, 0) is 16.1 Å². The number of likely N-dealkylation sites (tertiary alicyclic amines) is 1. The van der Waals surface area contributed by atoms with Gasteiger partial charge >= 0.3 is 5.97 Å². The molecule has 1 aromatic carbocycles. The van der Waals surface area contributed by atoms with E-state index in [0.29, 0.717) is 26.1 Å². The maximum atomic E-state index is 12.6. The standard InChI is InChI=1S/C15H18N2O3/c18-14(17-6-5-11(9-17)15(19)20)13-8-16-7-10-3-1-2-4-12(10)13/h1-4,11,13,16H,5-9H2,(H,19,20). The Balaban J connectivity index is 1.78. The Kier molecular flexibility index (Phi) is 3.44. The van der Waals surface area contributed by atoms with E-state index in [4.69, 9.17) is 5.11 Å². The van der Waals surface area contributed by atoms with Gasteiger partial charge in [-0.2, -0.15) is 0 Å². The van der Waals surface area contributed by atoms with Crippen molar-refractivity contribution in [1.29, 1.82) is 0 Å². The van der Waals surface area contributed by atoms with Crippen molar-refractivity contribution in [3.63, 3.8) is 0 Å². The van der Waals surface area contributed by atoms with E-state index in [2.05, 4.69) is 5.32 Å². The fourth-order valence-corrected chi connectivity index (χ4v) is 3.10. The van der Waals surface area contributed by atoms with E-state index in [1.807, 2.05) is 24.3 Å². The molecule has 20 heavy (non-hydrogen) atoms. The summed E-state index contributed by atoms with van der Waals surface area (Å²) in [6.45, 7) is 2.31. The molecule has 0 aliphatic carbocycles. The second-order valence-electron chi connectivity index (χ2n) is 5.49. The Hall–Kier alpha value is -1.88. The molecule has 5 heteroatoms. The molecule has 5 nitrogen and oxygen atoms in total. The van der Waals surface area contributed by atoms with Crippen LogP contribution in [0.1, 0.15) is 23.5 Å². The van der Waals surface area contributed by atoms with Crippen LogP contribution in [0.15, 0.2) is 24.3 Å². The SMILES string of the molecule is O=C(O)C1CCN(C(=O)C2CNCc3ccccc32)C1. The highest BCUT2D eigenvalue weighted by molar-refractivity contribution is 5.86. The summed E-state index contributed by atoms with van der Waals surface area (Å²) >= 11 is 0. The van der Waals surface area contributed by atoms with Crippen LogP contribution >= 0.6 is 0 Å². The number of rotatable bonds is 2. The molecule has 0 bridgehead atoms. The first-order valence-corrected chi connectivity index (χ1v) is 6.97. The number of amides is 1. The van der Waals surface area contributed by atoms with Gasteiger partial charge in [0.05, 0.1) is 11.8 Å². The summed E-state index contributed by atoms with van der Waals surface area (Å²) in [7, 11) is 0. The van der Waals surface area contributed by atoms with E-state index in [0.717, 1.165) is 17.7 Å². The lowest BCUT2D eigenvalue weighted by Crippen LogP contribution is -2.40. The fourth-order valence-electron chi connectivity index (χ4n) is 3.10.